The van der Waals surface area contributed by atoms with Gasteiger partial charge in [0, 0.05) is 48.7 Å². The van der Waals surface area contributed by atoms with Crippen LogP contribution < -0.4 is 20.1 Å². The van der Waals surface area contributed by atoms with Crippen molar-refractivity contribution in [3.63, 3.8) is 0 Å². The number of rotatable bonds is 9. The molecule has 1 aliphatic heterocycles. The summed E-state index contributed by atoms with van der Waals surface area (Å²) in [7, 11) is -4.03. The molecular weight excluding hydrogens is 612 g/mol. The SMILES string of the molecule is Cc1ccc2c(NS(=O)(=O)Cc3ccc(C#N)cc3)c(F)ccc2c1Oc1ncccc1-c1ccnc(N[C@@H]2CNC[C@@H](F)C2)n1. The molecule has 2 atom stereocenters. The summed E-state index contributed by atoms with van der Waals surface area (Å²) in [6.07, 6.45) is 2.55. The second-order valence-electron chi connectivity index (χ2n) is 11.0. The lowest BCUT2D eigenvalue weighted by molar-refractivity contribution is 0.254. The Bertz CT molecular complexity index is 2050. The molecule has 13 heteroatoms. The van der Waals surface area contributed by atoms with E-state index in [-0.39, 0.29) is 17.6 Å². The van der Waals surface area contributed by atoms with Gasteiger partial charge in [0.25, 0.3) is 0 Å². The summed E-state index contributed by atoms with van der Waals surface area (Å²) < 4.78 is 64.1. The average molecular weight is 642 g/mol. The Balaban J connectivity index is 1.31. The minimum Gasteiger partial charge on any atom is -0.437 e. The van der Waals surface area contributed by atoms with E-state index in [9.17, 15) is 12.8 Å². The van der Waals surface area contributed by atoms with Crippen molar-refractivity contribution in [2.24, 2.45) is 0 Å². The standard InChI is InChI=1S/C33H29F2N7O3S/c1-20-4-9-25-26(10-11-28(35)30(25)42-46(43,44)19-22-7-5-21(16-36)6-8-22)31(20)45-32-27(3-2-13-38-32)29-12-14-39-33(41-29)40-24-15-23(34)17-37-18-24/h2-14,23-24,37,42H,15,17-19H2,1H3,(H,39,40,41)/t23-,24-/m0/s1. The Morgan fingerprint density at radius 1 is 1.02 bits per heavy atom. The molecule has 3 aromatic carbocycles. The van der Waals surface area contributed by atoms with Crippen molar-refractivity contribution in [1.29, 1.82) is 5.26 Å². The van der Waals surface area contributed by atoms with Gasteiger partial charge >= 0.3 is 0 Å². The number of hydrogen-bond acceptors (Lipinski definition) is 9. The average Bonchev–Trinajstić information content (AvgIpc) is 3.04. The lowest BCUT2D eigenvalue weighted by Gasteiger charge is -2.26. The Morgan fingerprint density at radius 3 is 2.61 bits per heavy atom. The van der Waals surface area contributed by atoms with Crippen LogP contribution in [0.3, 0.4) is 0 Å². The van der Waals surface area contributed by atoms with Gasteiger partial charge in [-0.3, -0.25) is 4.72 Å². The van der Waals surface area contributed by atoms with Gasteiger partial charge in [0.15, 0.2) is 0 Å². The number of hydrogen-bond donors (Lipinski definition) is 3. The number of aryl methyl sites for hydroxylation is 1. The fourth-order valence-corrected chi connectivity index (χ4v) is 6.53. The molecule has 0 amide bonds. The fraction of sp³-hybridized carbons (Fsp3) is 0.212. The first-order chi connectivity index (χ1) is 22.2. The first kappa shape index (κ1) is 30.8. The second-order valence-corrected chi connectivity index (χ2v) is 12.7. The molecule has 0 aliphatic carbocycles. The van der Waals surface area contributed by atoms with Crippen LogP contribution in [-0.4, -0.2) is 48.7 Å². The zero-order chi connectivity index (χ0) is 32.3. The summed E-state index contributed by atoms with van der Waals surface area (Å²) in [5.74, 6) is -0.249. The molecule has 0 radical (unpaired) electrons. The molecular formula is C33H29F2N7O3S. The molecule has 46 heavy (non-hydrogen) atoms. The van der Waals surface area contributed by atoms with Gasteiger partial charge in [-0.2, -0.15) is 5.26 Å². The smallest absolute Gasteiger partial charge is 0.237 e. The molecule has 0 bridgehead atoms. The van der Waals surface area contributed by atoms with Crippen LogP contribution in [0, 0.1) is 24.1 Å². The van der Waals surface area contributed by atoms with Crippen molar-refractivity contribution in [1.82, 2.24) is 20.3 Å². The number of ether oxygens (including phenoxy) is 1. The molecule has 3 heterocycles. The number of halogens is 2. The summed E-state index contributed by atoms with van der Waals surface area (Å²) >= 11 is 0. The van der Waals surface area contributed by atoms with E-state index in [1.807, 2.05) is 13.0 Å². The molecule has 234 valence electrons. The number of anilines is 2. The maximum Gasteiger partial charge on any atom is 0.237 e. The number of alkyl halides is 1. The minimum atomic E-state index is -4.03. The molecule has 0 spiro atoms. The van der Waals surface area contributed by atoms with E-state index < -0.39 is 27.8 Å². The van der Waals surface area contributed by atoms with Crippen molar-refractivity contribution in [2.45, 2.75) is 31.3 Å². The highest BCUT2D eigenvalue weighted by Gasteiger charge is 2.23. The van der Waals surface area contributed by atoms with Gasteiger partial charge < -0.3 is 15.4 Å². The van der Waals surface area contributed by atoms with E-state index in [0.717, 1.165) is 0 Å². The van der Waals surface area contributed by atoms with Gasteiger partial charge in [-0.15, -0.1) is 0 Å². The van der Waals surface area contributed by atoms with Crippen LogP contribution in [-0.2, 0) is 15.8 Å². The molecule has 3 N–H and O–H groups in total. The van der Waals surface area contributed by atoms with E-state index in [1.165, 1.54) is 24.3 Å². The second kappa shape index (κ2) is 13.0. The molecule has 1 fully saturated rings. The van der Waals surface area contributed by atoms with Crippen LogP contribution in [0.5, 0.6) is 11.6 Å². The molecule has 1 aliphatic rings. The Hall–Kier alpha value is -5.19. The molecule has 1 saturated heterocycles. The van der Waals surface area contributed by atoms with E-state index in [2.05, 4.69) is 30.3 Å². The van der Waals surface area contributed by atoms with Crippen molar-refractivity contribution >= 4 is 32.4 Å². The number of nitriles is 1. The summed E-state index contributed by atoms with van der Waals surface area (Å²) in [4.78, 5) is 13.4. The van der Waals surface area contributed by atoms with Crippen molar-refractivity contribution in [3.8, 4) is 29.0 Å². The van der Waals surface area contributed by atoms with Gasteiger partial charge in [-0.1, -0.05) is 24.3 Å². The predicted octanol–water partition coefficient (Wildman–Crippen LogP) is 5.86. The van der Waals surface area contributed by atoms with Gasteiger partial charge in [0.2, 0.25) is 21.9 Å². The maximum absolute atomic E-state index is 15.2. The van der Waals surface area contributed by atoms with Gasteiger partial charge in [-0.25, -0.2) is 32.2 Å². The number of nitrogens with one attached hydrogen (secondary N) is 3. The Kier molecular flexibility index (Phi) is 8.74. The topological polar surface area (TPSA) is 142 Å². The maximum atomic E-state index is 15.2. The van der Waals surface area contributed by atoms with E-state index in [4.69, 9.17) is 10.00 Å². The Morgan fingerprint density at radius 2 is 1.83 bits per heavy atom. The fourth-order valence-electron chi connectivity index (χ4n) is 5.31. The summed E-state index contributed by atoms with van der Waals surface area (Å²) in [6, 6.07) is 19.2. The van der Waals surface area contributed by atoms with Crippen LogP contribution in [0.25, 0.3) is 22.0 Å². The zero-order valence-electron chi connectivity index (χ0n) is 24.7. The molecule has 0 unspecified atom stereocenters. The van der Waals surface area contributed by atoms with Crippen molar-refractivity contribution < 1.29 is 21.9 Å². The van der Waals surface area contributed by atoms with Crippen LogP contribution in [0.4, 0.5) is 20.4 Å². The predicted molar refractivity (Wildman–Crippen MR) is 171 cm³/mol. The highest BCUT2D eigenvalue weighted by atomic mass is 32.2. The molecule has 2 aromatic heterocycles. The quantitative estimate of drug-likeness (QED) is 0.181. The number of fused-ring (bicyclic) bond motifs is 1. The third kappa shape index (κ3) is 6.88. The van der Waals surface area contributed by atoms with Gasteiger partial charge in [0.1, 0.15) is 17.7 Å². The molecule has 0 saturated carbocycles. The minimum absolute atomic E-state index is 0.168. The van der Waals surface area contributed by atoms with E-state index in [0.29, 0.717) is 69.9 Å². The largest absolute Gasteiger partial charge is 0.437 e. The third-order valence-electron chi connectivity index (χ3n) is 7.53. The number of aromatic nitrogens is 3. The van der Waals surface area contributed by atoms with Gasteiger partial charge in [0.05, 0.1) is 34.3 Å². The Labute approximate surface area is 264 Å². The van der Waals surface area contributed by atoms with Crippen LogP contribution in [0.1, 0.15) is 23.1 Å². The van der Waals surface area contributed by atoms with Gasteiger partial charge in [-0.05, 0) is 60.5 Å². The number of nitrogens with zero attached hydrogens (tertiary/aromatic N) is 4. The third-order valence-corrected chi connectivity index (χ3v) is 8.75. The first-order valence-corrected chi connectivity index (χ1v) is 16.1. The summed E-state index contributed by atoms with van der Waals surface area (Å²) in [5.41, 5.74) is 2.41. The van der Waals surface area contributed by atoms with E-state index >= 15 is 4.39 Å². The van der Waals surface area contributed by atoms with Crippen LogP contribution in [0.2, 0.25) is 0 Å². The lowest BCUT2D eigenvalue weighted by Crippen LogP contribution is -2.44. The first-order valence-electron chi connectivity index (χ1n) is 14.5. The molecule has 10 nitrogen and oxygen atoms in total. The van der Waals surface area contributed by atoms with Crippen LogP contribution in [0.15, 0.2) is 79.1 Å². The highest BCUT2D eigenvalue weighted by Crippen LogP contribution is 2.40. The van der Waals surface area contributed by atoms with E-state index in [1.54, 1.807) is 54.9 Å². The number of piperidine rings is 1. The molecule has 6 rings (SSSR count). The molecule has 5 aromatic rings. The summed E-state index contributed by atoms with van der Waals surface area (Å²) in [6.45, 7) is 2.73. The van der Waals surface area contributed by atoms with Crippen LogP contribution >= 0.6 is 0 Å². The number of pyridine rings is 1. The zero-order valence-corrected chi connectivity index (χ0v) is 25.5. The van der Waals surface area contributed by atoms with Crippen molar-refractivity contribution in [2.75, 3.05) is 23.1 Å². The summed E-state index contributed by atoms with van der Waals surface area (Å²) in [5, 5.41) is 16.0. The number of sulfonamides is 1. The lowest BCUT2D eigenvalue weighted by atomic mass is 10.0. The highest BCUT2D eigenvalue weighted by molar-refractivity contribution is 7.91. The monoisotopic (exact) mass is 641 g/mol. The normalized spacial score (nSPS) is 16.5. The van der Waals surface area contributed by atoms with Crippen molar-refractivity contribution in [3.05, 3.63) is 102 Å². The number of benzene rings is 3.